The first-order valence-corrected chi connectivity index (χ1v) is 9.41. The van der Waals surface area contributed by atoms with Crippen LogP contribution in [0.3, 0.4) is 0 Å². The molecule has 0 aliphatic carbocycles. The van der Waals surface area contributed by atoms with Gasteiger partial charge in [-0.05, 0) is 26.0 Å². The molecule has 0 spiro atoms. The molecule has 0 unspecified atom stereocenters. The zero-order chi connectivity index (χ0) is 19.1. The van der Waals surface area contributed by atoms with Crippen LogP contribution in [0.15, 0.2) is 33.8 Å². The van der Waals surface area contributed by atoms with E-state index in [4.69, 9.17) is 14.3 Å². The molecule has 0 atom stereocenters. The fourth-order valence-corrected chi connectivity index (χ4v) is 3.18. The van der Waals surface area contributed by atoms with E-state index >= 15 is 0 Å². The summed E-state index contributed by atoms with van der Waals surface area (Å²) < 4.78 is 10.7. The monoisotopic (exact) mass is 500 g/mol. The number of nitrogens with zero attached hydrogens (tertiary/aromatic N) is 5. The third-order valence-electron chi connectivity index (χ3n) is 4.50. The van der Waals surface area contributed by atoms with Crippen LogP contribution in [0.1, 0.15) is 18.6 Å². The van der Waals surface area contributed by atoms with Gasteiger partial charge in [-0.1, -0.05) is 17.3 Å². The Morgan fingerprint density at radius 2 is 2.00 bits per heavy atom. The highest BCUT2D eigenvalue weighted by Crippen LogP contribution is 2.28. The molecule has 1 aliphatic rings. The number of aromatic nitrogens is 2. The highest BCUT2D eigenvalue weighted by atomic mass is 127. The Morgan fingerprint density at radius 1 is 1.25 bits per heavy atom. The number of para-hydroxylation sites is 2. The van der Waals surface area contributed by atoms with Crippen molar-refractivity contribution in [3.63, 3.8) is 0 Å². The molecule has 154 valence electrons. The van der Waals surface area contributed by atoms with E-state index in [9.17, 15) is 0 Å². The van der Waals surface area contributed by atoms with E-state index in [-0.39, 0.29) is 24.0 Å². The number of methoxy groups -OCH3 is 1. The molecule has 1 aliphatic heterocycles. The highest BCUT2D eigenvalue weighted by Gasteiger charge is 2.21. The second-order valence-electron chi connectivity index (χ2n) is 6.37. The summed E-state index contributed by atoms with van der Waals surface area (Å²) >= 11 is 0. The lowest BCUT2D eigenvalue weighted by Crippen LogP contribution is -2.52. The number of piperazine rings is 1. The number of hydrogen-bond acceptors (Lipinski definition) is 6. The minimum absolute atomic E-state index is 0. The van der Waals surface area contributed by atoms with Crippen molar-refractivity contribution in [3.05, 3.63) is 36.0 Å². The Labute approximate surface area is 183 Å². The first kappa shape index (κ1) is 22.3. The summed E-state index contributed by atoms with van der Waals surface area (Å²) in [6, 6.07) is 8.17. The summed E-state index contributed by atoms with van der Waals surface area (Å²) in [6.07, 6.45) is 0.650. The Kier molecular flexibility index (Phi) is 8.81. The predicted octanol–water partition coefficient (Wildman–Crippen LogP) is 2.33. The van der Waals surface area contributed by atoms with Crippen molar-refractivity contribution in [2.24, 2.45) is 4.99 Å². The van der Waals surface area contributed by atoms with Gasteiger partial charge in [-0.3, -0.25) is 4.99 Å². The molecule has 1 aromatic carbocycles. The average Bonchev–Trinajstić information content (AvgIpc) is 3.12. The number of hydrogen-bond donors (Lipinski definition) is 1. The highest BCUT2D eigenvalue weighted by molar-refractivity contribution is 14.0. The average molecular weight is 500 g/mol. The van der Waals surface area contributed by atoms with Gasteiger partial charge in [-0.25, -0.2) is 0 Å². The van der Waals surface area contributed by atoms with Gasteiger partial charge in [0.25, 0.3) is 0 Å². The summed E-state index contributed by atoms with van der Waals surface area (Å²) in [7, 11) is 1.72. The van der Waals surface area contributed by atoms with Gasteiger partial charge in [0.2, 0.25) is 5.89 Å². The van der Waals surface area contributed by atoms with Gasteiger partial charge in [0.05, 0.1) is 19.3 Å². The van der Waals surface area contributed by atoms with Crippen molar-refractivity contribution in [1.82, 2.24) is 20.4 Å². The van der Waals surface area contributed by atoms with Crippen LogP contribution in [0.4, 0.5) is 5.69 Å². The first-order valence-electron chi connectivity index (χ1n) is 9.41. The number of ether oxygens (including phenoxy) is 1. The molecule has 2 heterocycles. The van der Waals surface area contributed by atoms with Crippen LogP contribution in [0.25, 0.3) is 0 Å². The van der Waals surface area contributed by atoms with Crippen LogP contribution in [0.5, 0.6) is 5.75 Å². The largest absolute Gasteiger partial charge is 0.495 e. The van der Waals surface area contributed by atoms with E-state index in [0.717, 1.165) is 50.1 Å². The fourth-order valence-electron chi connectivity index (χ4n) is 3.18. The van der Waals surface area contributed by atoms with Gasteiger partial charge in [-0.2, -0.15) is 4.98 Å². The molecule has 1 fully saturated rings. The summed E-state index contributed by atoms with van der Waals surface area (Å²) in [5.74, 6) is 3.15. The van der Waals surface area contributed by atoms with E-state index in [0.29, 0.717) is 24.7 Å². The lowest BCUT2D eigenvalue weighted by molar-refractivity contribution is 0.364. The molecule has 1 N–H and O–H groups in total. The number of halogens is 1. The lowest BCUT2D eigenvalue weighted by Gasteiger charge is -2.38. The number of aliphatic imine (C=N–C) groups is 1. The third-order valence-corrected chi connectivity index (χ3v) is 4.50. The van der Waals surface area contributed by atoms with Gasteiger partial charge in [0.1, 0.15) is 5.75 Å². The van der Waals surface area contributed by atoms with Crippen LogP contribution < -0.4 is 15.0 Å². The van der Waals surface area contributed by atoms with Gasteiger partial charge in [-0.15, -0.1) is 24.0 Å². The van der Waals surface area contributed by atoms with E-state index in [1.54, 1.807) is 7.11 Å². The standard InChI is InChI=1S/C19H28N6O2.HI/c1-4-20-19(21-10-9-18-22-15(2)23-27-18)25-13-11-24(12-14-25)16-7-5-6-8-17(16)26-3;/h5-8H,4,9-14H2,1-3H3,(H,20,21);1H. The molecular formula is C19H29IN6O2. The molecule has 0 amide bonds. The van der Waals surface area contributed by atoms with E-state index in [1.165, 1.54) is 0 Å². The molecule has 0 radical (unpaired) electrons. The van der Waals surface area contributed by atoms with Crippen LogP contribution in [0, 0.1) is 6.92 Å². The molecule has 8 nitrogen and oxygen atoms in total. The quantitative estimate of drug-likeness (QED) is 0.371. The maximum Gasteiger partial charge on any atom is 0.228 e. The van der Waals surface area contributed by atoms with Gasteiger partial charge >= 0.3 is 0 Å². The number of rotatable bonds is 6. The molecule has 0 saturated carbocycles. The topological polar surface area (TPSA) is 79.0 Å². The van der Waals surface area contributed by atoms with Crippen molar-refractivity contribution in [1.29, 1.82) is 0 Å². The summed E-state index contributed by atoms with van der Waals surface area (Å²) in [4.78, 5) is 13.6. The van der Waals surface area contributed by atoms with Crippen molar-refractivity contribution < 1.29 is 9.26 Å². The van der Waals surface area contributed by atoms with E-state index in [2.05, 4.69) is 44.3 Å². The molecule has 2 aromatic rings. The number of anilines is 1. The van der Waals surface area contributed by atoms with Crippen LogP contribution in [-0.4, -0.2) is 67.4 Å². The van der Waals surface area contributed by atoms with Crippen LogP contribution >= 0.6 is 24.0 Å². The van der Waals surface area contributed by atoms with Crippen molar-refractivity contribution in [2.75, 3.05) is 51.3 Å². The van der Waals surface area contributed by atoms with Gasteiger partial charge in [0.15, 0.2) is 11.8 Å². The molecule has 1 saturated heterocycles. The maximum absolute atomic E-state index is 5.50. The number of nitrogens with one attached hydrogen (secondary N) is 1. The smallest absolute Gasteiger partial charge is 0.228 e. The van der Waals surface area contributed by atoms with Crippen molar-refractivity contribution in [3.8, 4) is 5.75 Å². The minimum atomic E-state index is 0. The predicted molar refractivity (Wildman–Crippen MR) is 121 cm³/mol. The second-order valence-corrected chi connectivity index (χ2v) is 6.37. The van der Waals surface area contributed by atoms with E-state index < -0.39 is 0 Å². The van der Waals surface area contributed by atoms with Crippen molar-refractivity contribution >= 4 is 35.6 Å². The maximum atomic E-state index is 5.50. The number of benzene rings is 1. The summed E-state index contributed by atoms with van der Waals surface area (Å²) in [6.45, 7) is 9.03. The molecule has 0 bridgehead atoms. The fraction of sp³-hybridized carbons (Fsp3) is 0.526. The van der Waals surface area contributed by atoms with E-state index in [1.807, 2.05) is 19.1 Å². The number of aryl methyl sites for hydroxylation is 1. The summed E-state index contributed by atoms with van der Waals surface area (Å²) in [5.41, 5.74) is 1.15. The van der Waals surface area contributed by atoms with Crippen LogP contribution in [0.2, 0.25) is 0 Å². The van der Waals surface area contributed by atoms with Crippen molar-refractivity contribution in [2.45, 2.75) is 20.3 Å². The SMILES string of the molecule is CCNC(=NCCc1nc(C)no1)N1CCN(c2ccccc2OC)CC1.I. The molecular weight excluding hydrogens is 471 g/mol. The first-order chi connectivity index (χ1) is 13.2. The second kappa shape index (κ2) is 11.1. The van der Waals surface area contributed by atoms with Gasteiger partial charge in [0, 0.05) is 39.1 Å². The Hall–Kier alpha value is -2.04. The summed E-state index contributed by atoms with van der Waals surface area (Å²) in [5, 5.41) is 7.20. The van der Waals surface area contributed by atoms with Crippen LogP contribution in [-0.2, 0) is 6.42 Å². The zero-order valence-electron chi connectivity index (χ0n) is 16.7. The third kappa shape index (κ3) is 5.73. The Balaban J connectivity index is 0.00000280. The number of guanidine groups is 1. The lowest BCUT2D eigenvalue weighted by atomic mass is 10.2. The Morgan fingerprint density at radius 3 is 2.64 bits per heavy atom. The minimum Gasteiger partial charge on any atom is -0.495 e. The Bertz CT molecular complexity index is 758. The van der Waals surface area contributed by atoms with Gasteiger partial charge < -0.3 is 24.4 Å². The molecule has 3 rings (SSSR count). The normalized spacial score (nSPS) is 14.6. The molecule has 9 heteroatoms. The molecule has 28 heavy (non-hydrogen) atoms. The zero-order valence-corrected chi connectivity index (χ0v) is 19.1. The molecule has 1 aromatic heterocycles.